The maximum atomic E-state index is 11.9. The summed E-state index contributed by atoms with van der Waals surface area (Å²) >= 11 is 0. The predicted octanol–water partition coefficient (Wildman–Crippen LogP) is -0.391. The van der Waals surface area contributed by atoms with Gasteiger partial charge >= 0.3 is 0 Å². The van der Waals surface area contributed by atoms with E-state index in [2.05, 4.69) is 5.32 Å². The van der Waals surface area contributed by atoms with E-state index >= 15 is 0 Å². The van der Waals surface area contributed by atoms with E-state index in [9.17, 15) is 9.00 Å². The molecule has 0 aromatic rings. The Bertz CT molecular complexity index is 246. The highest BCUT2D eigenvalue weighted by Crippen LogP contribution is 2.13. The van der Waals surface area contributed by atoms with Crippen molar-refractivity contribution in [2.45, 2.75) is 6.42 Å². The minimum Gasteiger partial charge on any atom is -0.341 e. The molecule has 0 aromatic heterocycles. The number of halogens is 1. The summed E-state index contributed by atoms with van der Waals surface area (Å²) in [7, 11) is -0.688. The van der Waals surface area contributed by atoms with Crippen molar-refractivity contribution < 1.29 is 9.00 Å². The van der Waals surface area contributed by atoms with E-state index in [0.29, 0.717) is 24.6 Å². The van der Waals surface area contributed by atoms with Crippen LogP contribution in [0.15, 0.2) is 0 Å². The zero-order chi connectivity index (χ0) is 9.97. The fraction of sp³-hybridized carbons (Fsp3) is 0.889. The molecular formula is C9H17ClN2O2S. The maximum absolute atomic E-state index is 11.9. The van der Waals surface area contributed by atoms with E-state index in [1.54, 1.807) is 0 Å². The zero-order valence-electron chi connectivity index (χ0n) is 8.61. The third-order valence-corrected chi connectivity index (χ3v) is 4.17. The van der Waals surface area contributed by atoms with Crippen LogP contribution >= 0.6 is 12.4 Å². The molecule has 0 aliphatic carbocycles. The van der Waals surface area contributed by atoms with Crippen LogP contribution in [-0.2, 0) is 15.6 Å². The Morgan fingerprint density at radius 2 is 2.00 bits per heavy atom. The molecule has 1 amide bonds. The molecule has 2 saturated heterocycles. The van der Waals surface area contributed by atoms with Gasteiger partial charge in [0.25, 0.3) is 0 Å². The van der Waals surface area contributed by atoms with Crippen molar-refractivity contribution in [1.29, 1.82) is 0 Å². The van der Waals surface area contributed by atoms with E-state index in [0.717, 1.165) is 19.5 Å². The fourth-order valence-electron chi connectivity index (χ4n) is 1.98. The number of amides is 1. The van der Waals surface area contributed by atoms with E-state index < -0.39 is 10.8 Å². The van der Waals surface area contributed by atoms with Crippen LogP contribution in [0.2, 0.25) is 0 Å². The van der Waals surface area contributed by atoms with Crippen molar-refractivity contribution in [1.82, 2.24) is 10.2 Å². The number of carbonyl (C=O) groups is 1. The Kier molecular flexibility index (Phi) is 5.02. The van der Waals surface area contributed by atoms with Gasteiger partial charge < -0.3 is 10.2 Å². The molecule has 0 aromatic carbocycles. The van der Waals surface area contributed by atoms with Gasteiger partial charge in [0, 0.05) is 41.9 Å². The summed E-state index contributed by atoms with van der Waals surface area (Å²) in [5.41, 5.74) is 0. The lowest BCUT2D eigenvalue weighted by atomic mass is 10.1. The van der Waals surface area contributed by atoms with Gasteiger partial charge in [0.05, 0.1) is 5.92 Å². The van der Waals surface area contributed by atoms with Crippen molar-refractivity contribution in [3.8, 4) is 0 Å². The summed E-state index contributed by atoms with van der Waals surface area (Å²) in [6.07, 6.45) is 0.957. The molecule has 4 nitrogen and oxygen atoms in total. The van der Waals surface area contributed by atoms with Gasteiger partial charge in [-0.15, -0.1) is 12.4 Å². The number of rotatable bonds is 1. The first-order valence-corrected chi connectivity index (χ1v) is 6.60. The predicted molar refractivity (Wildman–Crippen MR) is 62.7 cm³/mol. The van der Waals surface area contributed by atoms with Crippen LogP contribution < -0.4 is 5.32 Å². The molecule has 0 spiro atoms. The molecule has 15 heavy (non-hydrogen) atoms. The first kappa shape index (κ1) is 12.9. The summed E-state index contributed by atoms with van der Waals surface area (Å²) in [5.74, 6) is 1.74. The van der Waals surface area contributed by atoms with Crippen LogP contribution in [0.1, 0.15) is 6.42 Å². The first-order chi connectivity index (χ1) is 6.77. The number of nitrogens with zero attached hydrogens (tertiary/aromatic N) is 1. The second-order valence-electron chi connectivity index (χ2n) is 3.86. The second kappa shape index (κ2) is 5.82. The average molecular weight is 253 g/mol. The van der Waals surface area contributed by atoms with Gasteiger partial charge in [0.15, 0.2) is 0 Å². The van der Waals surface area contributed by atoms with Gasteiger partial charge in [-0.3, -0.25) is 9.00 Å². The van der Waals surface area contributed by atoms with Gasteiger partial charge in [-0.1, -0.05) is 0 Å². The lowest BCUT2D eigenvalue weighted by molar-refractivity contribution is -0.134. The molecule has 0 radical (unpaired) electrons. The summed E-state index contributed by atoms with van der Waals surface area (Å²) < 4.78 is 11.1. The third-order valence-electron chi connectivity index (χ3n) is 2.90. The Morgan fingerprint density at radius 3 is 2.53 bits per heavy atom. The van der Waals surface area contributed by atoms with Crippen LogP contribution in [-0.4, -0.2) is 52.7 Å². The number of nitrogens with one attached hydrogen (secondary N) is 1. The molecule has 1 atom stereocenters. The zero-order valence-corrected chi connectivity index (χ0v) is 10.2. The monoisotopic (exact) mass is 252 g/mol. The van der Waals surface area contributed by atoms with Crippen molar-refractivity contribution in [2.24, 2.45) is 5.92 Å². The van der Waals surface area contributed by atoms with E-state index in [1.165, 1.54) is 0 Å². The standard InChI is InChI=1S/C9H16N2O2S.ClH/c12-9(8-1-2-10-7-8)11-3-5-14(13)6-4-11;/h8,10H,1-7H2;1H/t8-;/m0./s1. The highest BCUT2D eigenvalue weighted by atomic mass is 35.5. The third kappa shape index (κ3) is 3.16. The molecule has 0 bridgehead atoms. The quantitative estimate of drug-likeness (QED) is 0.692. The van der Waals surface area contributed by atoms with Crippen LogP contribution in [0.5, 0.6) is 0 Å². The van der Waals surface area contributed by atoms with E-state index in [4.69, 9.17) is 0 Å². The second-order valence-corrected chi connectivity index (χ2v) is 5.56. The van der Waals surface area contributed by atoms with Crippen molar-refractivity contribution in [3.05, 3.63) is 0 Å². The SMILES string of the molecule is Cl.O=C([C@H]1CCNC1)N1CCS(=O)CC1. The van der Waals surface area contributed by atoms with Gasteiger partial charge in [0.1, 0.15) is 0 Å². The van der Waals surface area contributed by atoms with Crippen molar-refractivity contribution >= 4 is 29.1 Å². The molecule has 88 valence electrons. The lowest BCUT2D eigenvalue weighted by Crippen LogP contribution is -2.45. The topological polar surface area (TPSA) is 49.4 Å². The molecule has 2 aliphatic heterocycles. The molecule has 6 heteroatoms. The Morgan fingerprint density at radius 1 is 1.33 bits per heavy atom. The fourth-order valence-corrected chi connectivity index (χ4v) is 3.03. The molecule has 0 unspecified atom stereocenters. The van der Waals surface area contributed by atoms with Gasteiger partial charge in [-0.25, -0.2) is 0 Å². The summed E-state index contributed by atoms with van der Waals surface area (Å²) in [6, 6.07) is 0. The minimum atomic E-state index is -0.688. The summed E-state index contributed by atoms with van der Waals surface area (Å²) in [4.78, 5) is 13.8. The normalized spacial score (nSPS) is 27.5. The number of carbonyl (C=O) groups excluding carboxylic acids is 1. The number of hydrogen-bond acceptors (Lipinski definition) is 3. The Hall–Kier alpha value is -0.130. The van der Waals surface area contributed by atoms with Gasteiger partial charge in [-0.2, -0.15) is 0 Å². The molecule has 0 saturated carbocycles. The van der Waals surface area contributed by atoms with Crippen LogP contribution in [0.3, 0.4) is 0 Å². The van der Waals surface area contributed by atoms with Crippen LogP contribution in [0, 0.1) is 5.92 Å². The molecule has 2 heterocycles. The molecule has 2 aliphatic rings. The smallest absolute Gasteiger partial charge is 0.227 e. The summed E-state index contributed by atoms with van der Waals surface area (Å²) in [6.45, 7) is 3.14. The average Bonchev–Trinajstić information content (AvgIpc) is 2.71. The molecule has 2 fully saturated rings. The van der Waals surface area contributed by atoms with Gasteiger partial charge in [-0.05, 0) is 13.0 Å². The largest absolute Gasteiger partial charge is 0.341 e. The van der Waals surface area contributed by atoms with Gasteiger partial charge in [0.2, 0.25) is 5.91 Å². The number of hydrogen-bond donors (Lipinski definition) is 1. The Balaban J connectivity index is 0.00000112. The van der Waals surface area contributed by atoms with E-state index in [-0.39, 0.29) is 24.2 Å². The molecular weight excluding hydrogens is 236 g/mol. The van der Waals surface area contributed by atoms with Crippen LogP contribution in [0.25, 0.3) is 0 Å². The van der Waals surface area contributed by atoms with Crippen molar-refractivity contribution in [2.75, 3.05) is 37.7 Å². The maximum Gasteiger partial charge on any atom is 0.227 e. The summed E-state index contributed by atoms with van der Waals surface area (Å²) in [5, 5.41) is 3.19. The lowest BCUT2D eigenvalue weighted by Gasteiger charge is -2.28. The first-order valence-electron chi connectivity index (χ1n) is 5.12. The Labute approximate surface area is 98.6 Å². The molecule has 2 rings (SSSR count). The van der Waals surface area contributed by atoms with E-state index in [1.807, 2.05) is 4.90 Å². The highest BCUT2D eigenvalue weighted by molar-refractivity contribution is 7.85. The van der Waals surface area contributed by atoms with Crippen LogP contribution in [0.4, 0.5) is 0 Å². The molecule has 1 N–H and O–H groups in total. The highest BCUT2D eigenvalue weighted by Gasteiger charge is 2.28. The minimum absolute atomic E-state index is 0. The van der Waals surface area contributed by atoms with Crippen molar-refractivity contribution in [3.63, 3.8) is 0 Å².